The number of nitrogens with one attached hydrogen (secondary N) is 2. The van der Waals surface area contributed by atoms with Gasteiger partial charge in [-0.25, -0.2) is 21.6 Å². The zero-order valence-electron chi connectivity index (χ0n) is 11.5. The van der Waals surface area contributed by atoms with Crippen molar-refractivity contribution in [1.29, 1.82) is 0 Å². The van der Waals surface area contributed by atoms with E-state index in [1.165, 1.54) is 0 Å². The third kappa shape index (κ3) is 3.52. The SMILES string of the molecule is CS(=O)(=O)CCS(=O)(=O)N1CCCC2(C1)NC(=O)NC2=O. The summed E-state index contributed by atoms with van der Waals surface area (Å²) >= 11 is 0. The van der Waals surface area contributed by atoms with Crippen LogP contribution in [0.2, 0.25) is 0 Å². The van der Waals surface area contributed by atoms with Crippen LogP contribution in [0, 0.1) is 0 Å². The summed E-state index contributed by atoms with van der Waals surface area (Å²) in [4.78, 5) is 23.1. The minimum absolute atomic E-state index is 0.170. The van der Waals surface area contributed by atoms with Gasteiger partial charge in [-0.15, -0.1) is 0 Å². The molecule has 120 valence electrons. The lowest BCUT2D eigenvalue weighted by molar-refractivity contribution is -0.125. The molecular formula is C10H17N3O6S2. The predicted octanol–water partition coefficient (Wildman–Crippen LogP) is -1.97. The second-order valence-electron chi connectivity index (χ2n) is 5.37. The molecule has 2 saturated heterocycles. The maximum Gasteiger partial charge on any atom is 0.322 e. The van der Waals surface area contributed by atoms with Gasteiger partial charge in [0, 0.05) is 19.3 Å². The lowest BCUT2D eigenvalue weighted by Crippen LogP contribution is -2.59. The fraction of sp³-hybridized carbons (Fsp3) is 0.800. The first-order valence-electron chi connectivity index (χ1n) is 6.33. The first-order chi connectivity index (χ1) is 9.54. The Morgan fingerprint density at radius 1 is 1.19 bits per heavy atom. The van der Waals surface area contributed by atoms with E-state index in [0.717, 1.165) is 10.6 Å². The number of sulfone groups is 1. The average Bonchev–Trinajstić information content (AvgIpc) is 2.61. The molecule has 21 heavy (non-hydrogen) atoms. The van der Waals surface area contributed by atoms with Crippen molar-refractivity contribution in [3.05, 3.63) is 0 Å². The molecule has 1 atom stereocenters. The summed E-state index contributed by atoms with van der Waals surface area (Å²) in [6.07, 6.45) is 1.72. The number of sulfonamides is 1. The molecule has 9 nitrogen and oxygen atoms in total. The van der Waals surface area contributed by atoms with Crippen LogP contribution in [0.3, 0.4) is 0 Å². The molecule has 0 aromatic heterocycles. The topological polar surface area (TPSA) is 130 Å². The zero-order valence-corrected chi connectivity index (χ0v) is 13.1. The highest BCUT2D eigenvalue weighted by atomic mass is 32.2. The number of hydrogen-bond donors (Lipinski definition) is 2. The molecule has 2 fully saturated rings. The van der Waals surface area contributed by atoms with Crippen molar-refractivity contribution in [2.24, 2.45) is 0 Å². The van der Waals surface area contributed by atoms with Crippen LogP contribution < -0.4 is 10.6 Å². The Balaban J connectivity index is 2.14. The molecule has 0 saturated carbocycles. The second kappa shape index (κ2) is 5.21. The molecule has 2 aliphatic heterocycles. The molecular weight excluding hydrogens is 322 g/mol. The number of amides is 3. The normalized spacial score (nSPS) is 27.7. The van der Waals surface area contributed by atoms with Gasteiger partial charge in [-0.1, -0.05) is 0 Å². The molecule has 0 aromatic rings. The maximum atomic E-state index is 12.2. The summed E-state index contributed by atoms with van der Waals surface area (Å²) in [6, 6.07) is -0.643. The van der Waals surface area contributed by atoms with Crippen molar-refractivity contribution in [3.63, 3.8) is 0 Å². The quantitative estimate of drug-likeness (QED) is 0.572. The van der Waals surface area contributed by atoms with Gasteiger partial charge >= 0.3 is 6.03 Å². The van der Waals surface area contributed by atoms with Crippen LogP contribution in [-0.2, 0) is 24.7 Å². The Kier molecular flexibility index (Phi) is 4.02. The number of urea groups is 1. The van der Waals surface area contributed by atoms with E-state index in [2.05, 4.69) is 10.6 Å². The standard InChI is InChI=1S/C10H17N3O6S2/c1-20(16,17)5-6-21(18,19)13-4-2-3-10(7-13)8(14)11-9(15)12-10/h2-7H2,1H3,(H2,11,12,14,15). The molecule has 0 aliphatic carbocycles. The highest BCUT2D eigenvalue weighted by Crippen LogP contribution is 2.26. The summed E-state index contributed by atoms with van der Waals surface area (Å²) in [5, 5.41) is 4.57. The maximum absolute atomic E-state index is 12.2. The van der Waals surface area contributed by atoms with E-state index >= 15 is 0 Å². The molecule has 1 spiro atoms. The summed E-state index contributed by atoms with van der Waals surface area (Å²) < 4.78 is 47.6. The van der Waals surface area contributed by atoms with Gasteiger partial charge in [0.2, 0.25) is 10.0 Å². The Labute approximate surface area is 123 Å². The Hall–Kier alpha value is -1.20. The van der Waals surface area contributed by atoms with Gasteiger partial charge in [-0.2, -0.15) is 4.31 Å². The molecule has 0 radical (unpaired) electrons. The van der Waals surface area contributed by atoms with E-state index in [1.54, 1.807) is 0 Å². The molecule has 1 unspecified atom stereocenters. The van der Waals surface area contributed by atoms with Crippen LogP contribution in [0.1, 0.15) is 12.8 Å². The van der Waals surface area contributed by atoms with Crippen LogP contribution in [0.25, 0.3) is 0 Å². The molecule has 2 rings (SSSR count). The highest BCUT2D eigenvalue weighted by molar-refractivity contribution is 7.93. The van der Waals surface area contributed by atoms with Gasteiger partial charge in [0.1, 0.15) is 15.4 Å². The van der Waals surface area contributed by atoms with Gasteiger partial charge < -0.3 is 5.32 Å². The fourth-order valence-corrected chi connectivity index (χ4v) is 5.59. The molecule has 2 aliphatic rings. The first kappa shape index (κ1) is 16.2. The Morgan fingerprint density at radius 3 is 2.38 bits per heavy atom. The van der Waals surface area contributed by atoms with Crippen molar-refractivity contribution in [2.75, 3.05) is 30.9 Å². The molecule has 11 heteroatoms. The molecule has 2 heterocycles. The lowest BCUT2D eigenvalue weighted by Gasteiger charge is -2.37. The Morgan fingerprint density at radius 2 is 1.86 bits per heavy atom. The van der Waals surface area contributed by atoms with Crippen molar-refractivity contribution >= 4 is 31.8 Å². The lowest BCUT2D eigenvalue weighted by atomic mass is 9.90. The summed E-state index contributed by atoms with van der Waals surface area (Å²) in [5.74, 6) is -1.55. The first-order valence-corrected chi connectivity index (χ1v) is 10.0. The van der Waals surface area contributed by atoms with Crippen molar-refractivity contribution in [2.45, 2.75) is 18.4 Å². The van der Waals surface area contributed by atoms with E-state index < -0.39 is 48.8 Å². The van der Waals surface area contributed by atoms with Crippen LogP contribution >= 0.6 is 0 Å². The molecule has 0 bridgehead atoms. The van der Waals surface area contributed by atoms with Gasteiger partial charge in [-0.3, -0.25) is 10.1 Å². The zero-order chi connectivity index (χ0) is 15.9. The van der Waals surface area contributed by atoms with E-state index in [1.807, 2.05) is 0 Å². The van der Waals surface area contributed by atoms with E-state index in [-0.39, 0.29) is 13.1 Å². The number of carbonyl (C=O) groups excluding carboxylic acids is 2. The third-order valence-corrected chi connectivity index (χ3v) is 6.60. The minimum Gasteiger partial charge on any atom is -0.322 e. The predicted molar refractivity (Wildman–Crippen MR) is 73.7 cm³/mol. The highest BCUT2D eigenvalue weighted by Gasteiger charge is 2.50. The van der Waals surface area contributed by atoms with Crippen molar-refractivity contribution < 1.29 is 26.4 Å². The Bertz CT molecular complexity index is 671. The van der Waals surface area contributed by atoms with E-state index in [4.69, 9.17) is 0 Å². The second-order valence-corrected chi connectivity index (χ2v) is 9.72. The molecule has 3 amide bonds. The van der Waals surface area contributed by atoms with Crippen LogP contribution in [0.4, 0.5) is 4.79 Å². The summed E-state index contributed by atoms with van der Waals surface area (Å²) in [5.41, 5.74) is -1.24. The number of nitrogens with zero attached hydrogens (tertiary/aromatic N) is 1. The number of imide groups is 1. The van der Waals surface area contributed by atoms with Gasteiger partial charge in [0.15, 0.2) is 0 Å². The van der Waals surface area contributed by atoms with Crippen LogP contribution in [0.5, 0.6) is 0 Å². The van der Waals surface area contributed by atoms with Gasteiger partial charge in [0.25, 0.3) is 5.91 Å². The summed E-state index contributed by atoms with van der Waals surface area (Å²) in [7, 11) is -7.20. The fourth-order valence-electron chi connectivity index (χ4n) is 2.46. The number of rotatable bonds is 4. The molecule has 2 N–H and O–H groups in total. The van der Waals surface area contributed by atoms with Crippen molar-refractivity contribution in [3.8, 4) is 0 Å². The van der Waals surface area contributed by atoms with E-state index in [9.17, 15) is 26.4 Å². The number of carbonyl (C=O) groups is 2. The largest absolute Gasteiger partial charge is 0.322 e. The number of piperidine rings is 1. The van der Waals surface area contributed by atoms with Crippen LogP contribution in [0.15, 0.2) is 0 Å². The summed E-state index contributed by atoms with van der Waals surface area (Å²) in [6.45, 7) is 0.0354. The third-order valence-electron chi connectivity index (χ3n) is 3.58. The van der Waals surface area contributed by atoms with Crippen molar-refractivity contribution in [1.82, 2.24) is 14.9 Å². The number of hydrogen-bond acceptors (Lipinski definition) is 6. The molecule has 0 aromatic carbocycles. The minimum atomic E-state index is -3.80. The van der Waals surface area contributed by atoms with Crippen LogP contribution in [-0.4, -0.2) is 69.5 Å². The van der Waals surface area contributed by atoms with Gasteiger partial charge in [0.05, 0.1) is 11.5 Å². The van der Waals surface area contributed by atoms with E-state index in [0.29, 0.717) is 12.8 Å². The average molecular weight is 339 g/mol. The smallest absolute Gasteiger partial charge is 0.322 e. The monoisotopic (exact) mass is 339 g/mol. The van der Waals surface area contributed by atoms with Gasteiger partial charge in [-0.05, 0) is 12.8 Å².